The van der Waals surface area contributed by atoms with Gasteiger partial charge in [-0.25, -0.2) is 9.80 Å². The third kappa shape index (κ3) is 3.54. The van der Waals surface area contributed by atoms with Crippen molar-refractivity contribution in [1.82, 2.24) is 15.2 Å². The number of furan rings is 1. The number of urea groups is 1. The van der Waals surface area contributed by atoms with Gasteiger partial charge in [-0.15, -0.1) is 11.3 Å². The summed E-state index contributed by atoms with van der Waals surface area (Å²) < 4.78 is 5.48. The lowest BCUT2D eigenvalue weighted by Crippen LogP contribution is -2.45. The van der Waals surface area contributed by atoms with Crippen LogP contribution in [0.5, 0.6) is 0 Å². The Balaban J connectivity index is 1.42. The highest BCUT2D eigenvalue weighted by atomic mass is 32.1. The van der Waals surface area contributed by atoms with Crippen LogP contribution in [0.2, 0.25) is 0 Å². The standard InChI is InChI=1S/C24H22N4O4S/c1-2-24(16-8-4-3-5-9-16)22(30)27(23(31)25-24)15-21(29)28-18(20-11-7-13-33-20)14-17(26-28)19-10-6-12-32-19/h3-13,18H,2,14-15H2,1H3,(H,25,31)/t18-,24+/m0/s1. The minimum Gasteiger partial charge on any atom is -0.463 e. The van der Waals surface area contributed by atoms with Crippen LogP contribution in [0.25, 0.3) is 0 Å². The predicted molar refractivity (Wildman–Crippen MR) is 122 cm³/mol. The second-order valence-corrected chi connectivity index (χ2v) is 8.92. The van der Waals surface area contributed by atoms with E-state index in [0.717, 1.165) is 9.78 Å². The maximum atomic E-state index is 13.4. The monoisotopic (exact) mass is 462 g/mol. The molecule has 1 fully saturated rings. The Hall–Kier alpha value is -3.72. The van der Waals surface area contributed by atoms with Crippen molar-refractivity contribution >= 4 is 34.9 Å². The van der Waals surface area contributed by atoms with Crippen LogP contribution in [0.3, 0.4) is 0 Å². The molecule has 8 nitrogen and oxygen atoms in total. The minimum atomic E-state index is -1.18. The van der Waals surface area contributed by atoms with Crippen molar-refractivity contribution in [2.45, 2.75) is 31.3 Å². The van der Waals surface area contributed by atoms with E-state index in [0.29, 0.717) is 29.9 Å². The summed E-state index contributed by atoms with van der Waals surface area (Å²) in [5, 5.41) is 10.6. The topological polar surface area (TPSA) is 95.2 Å². The van der Waals surface area contributed by atoms with E-state index < -0.39 is 29.9 Å². The smallest absolute Gasteiger partial charge is 0.325 e. The summed E-state index contributed by atoms with van der Waals surface area (Å²) in [5.41, 5.74) is 0.159. The first-order chi connectivity index (χ1) is 16.0. The number of carbonyl (C=O) groups is 3. The van der Waals surface area contributed by atoms with E-state index in [1.54, 1.807) is 30.5 Å². The number of benzene rings is 1. The predicted octanol–water partition coefficient (Wildman–Crippen LogP) is 3.88. The number of hydrazone groups is 1. The Kier molecular flexibility index (Phi) is 5.33. The Bertz CT molecular complexity index is 1210. The first-order valence-electron chi connectivity index (χ1n) is 10.7. The van der Waals surface area contributed by atoms with Crippen LogP contribution in [0.15, 0.2) is 75.8 Å². The molecule has 4 amide bonds. The highest BCUT2D eigenvalue weighted by molar-refractivity contribution is 7.10. The van der Waals surface area contributed by atoms with Crippen molar-refractivity contribution in [3.63, 3.8) is 0 Å². The van der Waals surface area contributed by atoms with Crippen LogP contribution < -0.4 is 5.32 Å². The van der Waals surface area contributed by atoms with Gasteiger partial charge in [0.25, 0.3) is 11.8 Å². The summed E-state index contributed by atoms with van der Waals surface area (Å²) >= 11 is 1.53. The molecule has 0 radical (unpaired) electrons. The molecule has 0 aliphatic carbocycles. The number of thiophene rings is 1. The number of rotatable bonds is 6. The average molecular weight is 463 g/mol. The molecule has 4 heterocycles. The molecule has 2 aliphatic heterocycles. The van der Waals surface area contributed by atoms with Crippen molar-refractivity contribution in [1.29, 1.82) is 0 Å². The largest absolute Gasteiger partial charge is 0.463 e. The lowest BCUT2D eigenvalue weighted by atomic mass is 9.87. The quantitative estimate of drug-likeness (QED) is 0.563. The number of imide groups is 1. The maximum absolute atomic E-state index is 13.4. The fourth-order valence-electron chi connectivity index (χ4n) is 4.37. The highest BCUT2D eigenvalue weighted by Gasteiger charge is 2.52. The van der Waals surface area contributed by atoms with Gasteiger partial charge in [-0.3, -0.25) is 14.5 Å². The van der Waals surface area contributed by atoms with E-state index in [4.69, 9.17) is 4.42 Å². The van der Waals surface area contributed by atoms with Gasteiger partial charge in [-0.05, 0) is 35.6 Å². The summed E-state index contributed by atoms with van der Waals surface area (Å²) in [6.07, 6.45) is 2.42. The molecule has 33 heavy (non-hydrogen) atoms. The van der Waals surface area contributed by atoms with E-state index >= 15 is 0 Å². The Morgan fingerprint density at radius 2 is 2.00 bits per heavy atom. The Morgan fingerprint density at radius 3 is 2.67 bits per heavy atom. The molecule has 168 valence electrons. The summed E-state index contributed by atoms with van der Waals surface area (Å²) in [7, 11) is 0. The summed E-state index contributed by atoms with van der Waals surface area (Å²) in [6.45, 7) is 1.44. The normalized spacial score (nSPS) is 22.6. The van der Waals surface area contributed by atoms with Gasteiger partial charge in [-0.1, -0.05) is 43.3 Å². The molecule has 0 bridgehead atoms. The van der Waals surface area contributed by atoms with Crippen LogP contribution in [0, 0.1) is 0 Å². The third-order valence-corrected chi connectivity index (χ3v) is 7.08. The molecule has 2 aliphatic rings. The zero-order valence-electron chi connectivity index (χ0n) is 17.9. The second kappa shape index (κ2) is 8.32. The van der Waals surface area contributed by atoms with Crippen LogP contribution in [0.1, 0.15) is 42.0 Å². The van der Waals surface area contributed by atoms with Gasteiger partial charge in [0.1, 0.15) is 23.6 Å². The molecule has 0 saturated carbocycles. The Labute approximate surface area is 194 Å². The van der Waals surface area contributed by atoms with Crippen molar-refractivity contribution in [3.8, 4) is 0 Å². The molecule has 0 unspecified atom stereocenters. The summed E-state index contributed by atoms with van der Waals surface area (Å²) in [6, 6.07) is 15.6. The third-order valence-electron chi connectivity index (χ3n) is 6.11. The molecular formula is C24H22N4O4S. The van der Waals surface area contributed by atoms with Crippen LogP contribution in [0.4, 0.5) is 4.79 Å². The number of nitrogens with one attached hydrogen (secondary N) is 1. The fourth-order valence-corrected chi connectivity index (χ4v) is 5.19. The van der Waals surface area contributed by atoms with Gasteiger partial charge < -0.3 is 9.73 Å². The fraction of sp³-hybridized carbons (Fsp3) is 0.250. The maximum Gasteiger partial charge on any atom is 0.325 e. The molecular weight excluding hydrogens is 440 g/mol. The van der Waals surface area contributed by atoms with Gasteiger partial charge in [0.2, 0.25) is 0 Å². The summed E-state index contributed by atoms with van der Waals surface area (Å²) in [4.78, 5) is 41.6. The van der Waals surface area contributed by atoms with E-state index in [9.17, 15) is 14.4 Å². The number of hydrogen-bond donors (Lipinski definition) is 1. The molecule has 0 spiro atoms. The minimum absolute atomic E-state index is 0.316. The van der Waals surface area contributed by atoms with E-state index in [-0.39, 0.29) is 6.04 Å². The lowest BCUT2D eigenvalue weighted by molar-refractivity contribution is -0.140. The van der Waals surface area contributed by atoms with Crippen molar-refractivity contribution < 1.29 is 18.8 Å². The highest BCUT2D eigenvalue weighted by Crippen LogP contribution is 2.36. The first kappa shape index (κ1) is 21.1. The number of nitrogens with zero attached hydrogens (tertiary/aromatic N) is 3. The molecule has 1 saturated heterocycles. The molecule has 3 aromatic rings. The molecule has 2 atom stereocenters. The molecule has 1 N–H and O–H groups in total. The molecule has 9 heteroatoms. The lowest BCUT2D eigenvalue weighted by Gasteiger charge is -2.26. The average Bonchev–Trinajstić information content (AvgIpc) is 3.63. The van der Waals surface area contributed by atoms with E-state index in [2.05, 4.69) is 10.4 Å². The molecule has 5 rings (SSSR count). The van der Waals surface area contributed by atoms with Gasteiger partial charge in [0.05, 0.1) is 12.3 Å². The zero-order chi connectivity index (χ0) is 23.0. The van der Waals surface area contributed by atoms with Crippen molar-refractivity contribution in [3.05, 3.63) is 82.4 Å². The van der Waals surface area contributed by atoms with Crippen molar-refractivity contribution in [2.24, 2.45) is 5.10 Å². The number of hydrogen-bond acceptors (Lipinski definition) is 6. The molecule has 1 aromatic carbocycles. The van der Waals surface area contributed by atoms with Crippen LogP contribution in [-0.4, -0.2) is 40.0 Å². The Morgan fingerprint density at radius 1 is 1.18 bits per heavy atom. The SMILES string of the molecule is CC[C@]1(c2ccccc2)NC(=O)N(CC(=O)N2N=C(c3ccco3)C[C@H]2c2cccs2)C1=O. The van der Waals surface area contributed by atoms with Crippen LogP contribution >= 0.6 is 11.3 Å². The van der Waals surface area contributed by atoms with Crippen LogP contribution in [-0.2, 0) is 15.1 Å². The summed E-state index contributed by atoms with van der Waals surface area (Å²) in [5.74, 6) is -0.272. The number of amides is 4. The van der Waals surface area contributed by atoms with E-state index in [1.165, 1.54) is 16.3 Å². The van der Waals surface area contributed by atoms with Gasteiger partial charge >= 0.3 is 6.03 Å². The van der Waals surface area contributed by atoms with Gasteiger partial charge in [-0.2, -0.15) is 5.10 Å². The van der Waals surface area contributed by atoms with Gasteiger partial charge in [0, 0.05) is 11.3 Å². The van der Waals surface area contributed by atoms with Crippen molar-refractivity contribution in [2.75, 3.05) is 6.54 Å². The zero-order valence-corrected chi connectivity index (χ0v) is 18.7. The molecule has 2 aromatic heterocycles. The van der Waals surface area contributed by atoms with E-state index in [1.807, 2.05) is 42.6 Å². The first-order valence-corrected chi connectivity index (χ1v) is 11.6. The number of carbonyl (C=O) groups excluding carboxylic acids is 3. The second-order valence-electron chi connectivity index (χ2n) is 7.94. The van der Waals surface area contributed by atoms with Gasteiger partial charge in [0.15, 0.2) is 0 Å².